The standard InChI is InChI=1S/C14H14F2O/c1-7-5-12(16)10(6-11(7)15)14(17)13-8-3-2-4-9(8)13/h5-6,8-9,13H,2-4H2,1H3. The van der Waals surface area contributed by atoms with Gasteiger partial charge in [-0.05, 0) is 49.3 Å². The number of carbonyl (C=O) groups is 1. The number of aryl methyl sites for hydroxylation is 1. The van der Waals surface area contributed by atoms with E-state index >= 15 is 0 Å². The van der Waals surface area contributed by atoms with E-state index in [1.807, 2.05) is 0 Å². The summed E-state index contributed by atoms with van der Waals surface area (Å²) in [6, 6.07) is 2.17. The minimum absolute atomic E-state index is 0.0413. The van der Waals surface area contributed by atoms with Crippen LogP contribution in [0.2, 0.25) is 0 Å². The maximum absolute atomic E-state index is 13.7. The van der Waals surface area contributed by atoms with Gasteiger partial charge >= 0.3 is 0 Å². The summed E-state index contributed by atoms with van der Waals surface area (Å²) in [5.74, 6) is -0.451. The fourth-order valence-electron chi connectivity index (χ4n) is 3.23. The molecule has 3 heteroatoms. The molecule has 0 aromatic heterocycles. The van der Waals surface area contributed by atoms with Gasteiger partial charge in [0.25, 0.3) is 0 Å². The van der Waals surface area contributed by atoms with Crippen LogP contribution in [0.5, 0.6) is 0 Å². The predicted octanol–water partition coefficient (Wildman–Crippen LogP) is 3.50. The minimum Gasteiger partial charge on any atom is -0.294 e. The Kier molecular flexibility index (Phi) is 2.32. The Morgan fingerprint density at radius 1 is 1.18 bits per heavy atom. The van der Waals surface area contributed by atoms with Gasteiger partial charge in [0.1, 0.15) is 11.6 Å². The quantitative estimate of drug-likeness (QED) is 0.718. The summed E-state index contributed by atoms with van der Waals surface area (Å²) >= 11 is 0. The van der Waals surface area contributed by atoms with Crippen molar-refractivity contribution in [2.24, 2.45) is 17.8 Å². The second-order valence-electron chi connectivity index (χ2n) is 5.23. The van der Waals surface area contributed by atoms with Gasteiger partial charge in [-0.3, -0.25) is 4.79 Å². The third-order valence-electron chi connectivity index (χ3n) is 4.22. The maximum Gasteiger partial charge on any atom is 0.169 e. The highest BCUT2D eigenvalue weighted by molar-refractivity contribution is 6.00. The van der Waals surface area contributed by atoms with Crippen molar-refractivity contribution in [2.45, 2.75) is 26.2 Å². The summed E-state index contributed by atoms with van der Waals surface area (Å²) < 4.78 is 27.0. The number of halogens is 2. The Hall–Kier alpha value is -1.25. The van der Waals surface area contributed by atoms with Gasteiger partial charge in [0, 0.05) is 5.92 Å². The average Bonchev–Trinajstić information content (AvgIpc) is 2.76. The summed E-state index contributed by atoms with van der Waals surface area (Å²) in [5, 5.41) is 0. The van der Waals surface area contributed by atoms with Crippen molar-refractivity contribution in [3.8, 4) is 0 Å². The monoisotopic (exact) mass is 236 g/mol. The fourth-order valence-corrected chi connectivity index (χ4v) is 3.23. The van der Waals surface area contributed by atoms with Crippen molar-refractivity contribution in [3.05, 3.63) is 34.9 Å². The molecule has 90 valence electrons. The average molecular weight is 236 g/mol. The van der Waals surface area contributed by atoms with Crippen LogP contribution in [0.1, 0.15) is 35.2 Å². The van der Waals surface area contributed by atoms with E-state index in [1.54, 1.807) is 0 Å². The molecule has 2 saturated carbocycles. The van der Waals surface area contributed by atoms with Gasteiger partial charge in [0.15, 0.2) is 5.78 Å². The van der Waals surface area contributed by atoms with Crippen LogP contribution in [0.15, 0.2) is 12.1 Å². The summed E-state index contributed by atoms with van der Waals surface area (Å²) in [6.45, 7) is 1.50. The topological polar surface area (TPSA) is 17.1 Å². The van der Waals surface area contributed by atoms with E-state index in [0.29, 0.717) is 11.8 Å². The van der Waals surface area contributed by atoms with Crippen LogP contribution in [0.3, 0.4) is 0 Å². The molecule has 0 aliphatic heterocycles. The zero-order valence-corrected chi connectivity index (χ0v) is 9.67. The van der Waals surface area contributed by atoms with Gasteiger partial charge < -0.3 is 0 Å². The molecule has 1 nitrogen and oxygen atoms in total. The van der Waals surface area contributed by atoms with Crippen molar-refractivity contribution in [1.29, 1.82) is 0 Å². The number of rotatable bonds is 2. The normalized spacial score (nSPS) is 30.2. The van der Waals surface area contributed by atoms with Crippen LogP contribution in [-0.2, 0) is 0 Å². The number of fused-ring (bicyclic) bond motifs is 1. The van der Waals surface area contributed by atoms with Crippen LogP contribution >= 0.6 is 0 Å². The lowest BCUT2D eigenvalue weighted by Crippen LogP contribution is -2.09. The molecule has 2 aliphatic rings. The molecule has 0 amide bonds. The highest BCUT2D eigenvalue weighted by Crippen LogP contribution is 2.58. The molecule has 2 atom stereocenters. The van der Waals surface area contributed by atoms with E-state index in [-0.39, 0.29) is 22.8 Å². The SMILES string of the molecule is Cc1cc(F)c(C(=O)C2C3CCCC32)cc1F. The number of hydrogen-bond acceptors (Lipinski definition) is 1. The summed E-state index contributed by atoms with van der Waals surface area (Å²) in [7, 11) is 0. The number of carbonyl (C=O) groups excluding carboxylic acids is 1. The van der Waals surface area contributed by atoms with Crippen molar-refractivity contribution < 1.29 is 13.6 Å². The Labute approximate surface area is 98.8 Å². The molecule has 17 heavy (non-hydrogen) atoms. The van der Waals surface area contributed by atoms with Crippen molar-refractivity contribution in [3.63, 3.8) is 0 Å². The first kappa shape index (κ1) is 10.9. The van der Waals surface area contributed by atoms with E-state index in [2.05, 4.69) is 0 Å². The maximum atomic E-state index is 13.7. The van der Waals surface area contributed by atoms with E-state index in [1.165, 1.54) is 13.3 Å². The van der Waals surface area contributed by atoms with Gasteiger partial charge in [0.05, 0.1) is 5.56 Å². The van der Waals surface area contributed by atoms with Crippen LogP contribution < -0.4 is 0 Å². The Bertz CT molecular complexity index is 485. The molecule has 0 saturated heterocycles. The molecule has 0 N–H and O–H groups in total. The third kappa shape index (κ3) is 1.60. The summed E-state index contributed by atoms with van der Waals surface area (Å²) in [4.78, 5) is 12.1. The van der Waals surface area contributed by atoms with E-state index in [9.17, 15) is 13.6 Å². The Morgan fingerprint density at radius 3 is 2.47 bits per heavy atom. The molecule has 1 aromatic carbocycles. The Morgan fingerprint density at radius 2 is 1.82 bits per heavy atom. The summed E-state index contributed by atoms with van der Waals surface area (Å²) in [6.07, 6.45) is 3.30. The molecule has 2 fully saturated rings. The van der Waals surface area contributed by atoms with Crippen molar-refractivity contribution in [1.82, 2.24) is 0 Å². The van der Waals surface area contributed by atoms with Crippen LogP contribution in [0.25, 0.3) is 0 Å². The molecular formula is C14H14F2O. The lowest BCUT2D eigenvalue weighted by atomic mass is 9.99. The first-order valence-corrected chi connectivity index (χ1v) is 6.09. The van der Waals surface area contributed by atoms with E-state index < -0.39 is 11.6 Å². The van der Waals surface area contributed by atoms with Gasteiger partial charge in [0.2, 0.25) is 0 Å². The van der Waals surface area contributed by atoms with Gasteiger partial charge in [-0.2, -0.15) is 0 Å². The lowest BCUT2D eigenvalue weighted by Gasteiger charge is -2.06. The molecule has 0 radical (unpaired) electrons. The zero-order chi connectivity index (χ0) is 12.2. The van der Waals surface area contributed by atoms with E-state index in [0.717, 1.165) is 25.0 Å². The predicted molar refractivity (Wildman–Crippen MR) is 59.7 cm³/mol. The molecule has 2 aliphatic carbocycles. The second kappa shape index (κ2) is 3.62. The molecule has 3 rings (SSSR count). The highest BCUT2D eigenvalue weighted by atomic mass is 19.1. The number of hydrogen-bond donors (Lipinski definition) is 0. The molecule has 1 aromatic rings. The van der Waals surface area contributed by atoms with Crippen LogP contribution in [0, 0.1) is 36.3 Å². The number of ketones is 1. The largest absolute Gasteiger partial charge is 0.294 e. The van der Waals surface area contributed by atoms with Crippen LogP contribution in [0.4, 0.5) is 8.78 Å². The van der Waals surface area contributed by atoms with Gasteiger partial charge in [-0.25, -0.2) is 8.78 Å². The molecule has 2 unspecified atom stereocenters. The van der Waals surface area contributed by atoms with Crippen molar-refractivity contribution in [2.75, 3.05) is 0 Å². The van der Waals surface area contributed by atoms with E-state index in [4.69, 9.17) is 0 Å². The number of benzene rings is 1. The highest BCUT2D eigenvalue weighted by Gasteiger charge is 2.56. The van der Waals surface area contributed by atoms with Gasteiger partial charge in [-0.1, -0.05) is 6.42 Å². The molecule has 0 bridgehead atoms. The van der Waals surface area contributed by atoms with Crippen molar-refractivity contribution >= 4 is 5.78 Å². The van der Waals surface area contributed by atoms with Gasteiger partial charge in [-0.15, -0.1) is 0 Å². The number of Topliss-reactive ketones (excluding diaryl/α,β-unsaturated/α-hetero) is 1. The molecule has 0 heterocycles. The second-order valence-corrected chi connectivity index (χ2v) is 5.23. The Balaban J connectivity index is 1.89. The summed E-state index contributed by atoms with van der Waals surface area (Å²) in [5.41, 5.74) is 0.183. The first-order valence-electron chi connectivity index (χ1n) is 6.09. The third-order valence-corrected chi connectivity index (χ3v) is 4.22. The minimum atomic E-state index is -0.584. The first-order chi connectivity index (χ1) is 8.09. The van der Waals surface area contributed by atoms with Crippen LogP contribution in [-0.4, -0.2) is 5.78 Å². The molecule has 0 spiro atoms. The smallest absolute Gasteiger partial charge is 0.169 e. The zero-order valence-electron chi connectivity index (χ0n) is 9.67. The molecular weight excluding hydrogens is 222 g/mol. The lowest BCUT2D eigenvalue weighted by molar-refractivity contribution is 0.0947. The fraction of sp³-hybridized carbons (Fsp3) is 0.500.